The quantitative estimate of drug-likeness (QED) is 0.704. The number of carbonyl (C=O) groups is 2. The largest absolute Gasteiger partial charge is 0.479 e. The number of benzene rings is 2. The van der Waals surface area contributed by atoms with Gasteiger partial charge in [0.25, 0.3) is 5.91 Å². The summed E-state index contributed by atoms with van der Waals surface area (Å²) in [5.74, 6) is -0.479. The second-order valence-corrected chi connectivity index (χ2v) is 6.24. The highest BCUT2D eigenvalue weighted by Crippen LogP contribution is 2.14. The summed E-state index contributed by atoms with van der Waals surface area (Å²) in [6.45, 7) is 3.64. The number of hydrogen-bond donors (Lipinski definition) is 0. The molecule has 0 heterocycles. The average Bonchev–Trinajstić information content (AvgIpc) is 2.68. The van der Waals surface area contributed by atoms with E-state index >= 15 is 0 Å². The van der Waals surface area contributed by atoms with Crippen molar-refractivity contribution in [2.75, 3.05) is 13.7 Å². The Morgan fingerprint density at radius 3 is 2.33 bits per heavy atom. The van der Waals surface area contributed by atoms with Crippen LogP contribution in [0.1, 0.15) is 23.6 Å². The third-order valence-corrected chi connectivity index (χ3v) is 3.93. The van der Waals surface area contributed by atoms with Gasteiger partial charge >= 0.3 is 5.97 Å². The molecular formula is C21H22N2O4. The Labute approximate surface area is 158 Å². The van der Waals surface area contributed by atoms with Crippen LogP contribution < -0.4 is 4.74 Å². The van der Waals surface area contributed by atoms with Gasteiger partial charge in [-0.25, -0.2) is 4.79 Å². The molecule has 0 bridgehead atoms. The maximum Gasteiger partial charge on any atom is 0.347 e. The standard InChI is InChI=1S/C21H22N2O4/c1-15-4-6-18(7-5-15)13-23(3)20(24)14-26-21(25)16(2)27-19-10-8-17(12-22)9-11-19/h4-11,16H,13-14H2,1-3H3/t16-/m1/s1. The van der Waals surface area contributed by atoms with Crippen LogP contribution in [0.3, 0.4) is 0 Å². The zero-order valence-electron chi connectivity index (χ0n) is 15.6. The van der Waals surface area contributed by atoms with Gasteiger partial charge in [0.2, 0.25) is 0 Å². The maximum absolute atomic E-state index is 12.1. The molecule has 0 aliphatic heterocycles. The van der Waals surface area contributed by atoms with Crippen LogP contribution in [-0.2, 0) is 20.9 Å². The Bertz CT molecular complexity index is 823. The van der Waals surface area contributed by atoms with Crippen LogP contribution in [0.5, 0.6) is 5.75 Å². The fourth-order valence-electron chi connectivity index (χ4n) is 2.28. The van der Waals surface area contributed by atoms with Crippen molar-refractivity contribution in [2.45, 2.75) is 26.5 Å². The normalized spacial score (nSPS) is 11.2. The molecule has 0 N–H and O–H groups in total. The van der Waals surface area contributed by atoms with Crippen molar-refractivity contribution in [1.82, 2.24) is 4.90 Å². The number of nitriles is 1. The first-order valence-corrected chi connectivity index (χ1v) is 8.52. The first-order chi connectivity index (χ1) is 12.9. The van der Waals surface area contributed by atoms with E-state index in [2.05, 4.69) is 0 Å². The summed E-state index contributed by atoms with van der Waals surface area (Å²) >= 11 is 0. The summed E-state index contributed by atoms with van der Waals surface area (Å²) in [6.07, 6.45) is -0.867. The van der Waals surface area contributed by atoms with Gasteiger partial charge in [-0.1, -0.05) is 29.8 Å². The minimum atomic E-state index is -0.867. The van der Waals surface area contributed by atoms with Crippen molar-refractivity contribution < 1.29 is 19.1 Å². The second kappa shape index (κ2) is 9.39. The number of carbonyl (C=O) groups excluding carboxylic acids is 2. The van der Waals surface area contributed by atoms with Crippen LogP contribution in [0.25, 0.3) is 0 Å². The summed E-state index contributed by atoms with van der Waals surface area (Å²) in [5.41, 5.74) is 2.65. The van der Waals surface area contributed by atoms with Crippen LogP contribution in [-0.4, -0.2) is 36.5 Å². The van der Waals surface area contributed by atoms with Crippen molar-refractivity contribution in [1.29, 1.82) is 5.26 Å². The van der Waals surface area contributed by atoms with E-state index < -0.39 is 12.1 Å². The Morgan fingerprint density at radius 1 is 1.11 bits per heavy atom. The van der Waals surface area contributed by atoms with Crippen molar-refractivity contribution in [3.63, 3.8) is 0 Å². The van der Waals surface area contributed by atoms with Gasteiger partial charge < -0.3 is 14.4 Å². The molecule has 2 aromatic rings. The highest BCUT2D eigenvalue weighted by Gasteiger charge is 2.19. The van der Waals surface area contributed by atoms with E-state index in [1.165, 1.54) is 4.90 Å². The van der Waals surface area contributed by atoms with Gasteiger partial charge in [-0.2, -0.15) is 5.26 Å². The molecule has 0 saturated heterocycles. The van der Waals surface area contributed by atoms with Gasteiger partial charge in [-0.15, -0.1) is 0 Å². The molecule has 1 atom stereocenters. The Balaban J connectivity index is 1.79. The van der Waals surface area contributed by atoms with E-state index in [1.807, 2.05) is 37.3 Å². The molecule has 0 fully saturated rings. The Morgan fingerprint density at radius 2 is 1.74 bits per heavy atom. The fourth-order valence-corrected chi connectivity index (χ4v) is 2.28. The van der Waals surface area contributed by atoms with Gasteiger partial charge in [-0.3, -0.25) is 4.79 Å². The summed E-state index contributed by atoms with van der Waals surface area (Å²) in [6, 6.07) is 16.3. The first kappa shape index (κ1) is 20.0. The molecule has 6 nitrogen and oxygen atoms in total. The smallest absolute Gasteiger partial charge is 0.347 e. The van der Waals surface area contributed by atoms with Crippen LogP contribution in [0.2, 0.25) is 0 Å². The maximum atomic E-state index is 12.1. The van der Waals surface area contributed by atoms with E-state index in [0.29, 0.717) is 17.9 Å². The molecule has 0 saturated carbocycles. The predicted octanol–water partition coefficient (Wildman–Crippen LogP) is 2.84. The molecule has 0 aliphatic carbocycles. The monoisotopic (exact) mass is 366 g/mol. The highest BCUT2D eigenvalue weighted by atomic mass is 16.6. The number of hydrogen-bond acceptors (Lipinski definition) is 5. The lowest BCUT2D eigenvalue weighted by atomic mass is 10.1. The summed E-state index contributed by atoms with van der Waals surface area (Å²) in [5, 5.41) is 8.77. The minimum absolute atomic E-state index is 0.297. The van der Waals surface area contributed by atoms with Gasteiger partial charge in [0.05, 0.1) is 11.6 Å². The topological polar surface area (TPSA) is 79.6 Å². The number of amides is 1. The zero-order chi connectivity index (χ0) is 19.8. The van der Waals surface area contributed by atoms with Gasteiger partial charge in [-0.05, 0) is 43.7 Å². The second-order valence-electron chi connectivity index (χ2n) is 6.24. The van der Waals surface area contributed by atoms with Crippen LogP contribution in [0.4, 0.5) is 0 Å². The van der Waals surface area contributed by atoms with E-state index in [0.717, 1.165) is 11.1 Å². The third-order valence-electron chi connectivity index (χ3n) is 3.93. The zero-order valence-corrected chi connectivity index (χ0v) is 15.6. The molecule has 2 aromatic carbocycles. The number of aryl methyl sites for hydroxylation is 1. The Hall–Kier alpha value is -3.33. The Kier molecular flexibility index (Phi) is 6.95. The summed E-state index contributed by atoms with van der Waals surface area (Å²) in [4.78, 5) is 25.7. The average molecular weight is 366 g/mol. The van der Waals surface area contributed by atoms with E-state index in [4.69, 9.17) is 14.7 Å². The van der Waals surface area contributed by atoms with Crippen molar-refractivity contribution in [2.24, 2.45) is 0 Å². The lowest BCUT2D eigenvalue weighted by molar-refractivity contribution is -0.157. The molecule has 6 heteroatoms. The van der Waals surface area contributed by atoms with Crippen LogP contribution >= 0.6 is 0 Å². The molecule has 140 valence electrons. The molecule has 0 aliphatic rings. The number of rotatable bonds is 7. The first-order valence-electron chi connectivity index (χ1n) is 8.52. The molecule has 27 heavy (non-hydrogen) atoms. The van der Waals surface area contributed by atoms with Crippen molar-refractivity contribution >= 4 is 11.9 Å². The molecule has 1 amide bonds. The van der Waals surface area contributed by atoms with Gasteiger partial charge in [0.1, 0.15) is 5.75 Å². The van der Waals surface area contributed by atoms with Crippen molar-refractivity contribution in [3.8, 4) is 11.8 Å². The molecule has 0 aromatic heterocycles. The van der Waals surface area contributed by atoms with Gasteiger partial charge in [0, 0.05) is 13.6 Å². The molecule has 0 spiro atoms. The lowest BCUT2D eigenvalue weighted by Gasteiger charge is -2.18. The fraction of sp³-hybridized carbons (Fsp3) is 0.286. The van der Waals surface area contributed by atoms with Crippen LogP contribution in [0.15, 0.2) is 48.5 Å². The SMILES string of the molecule is Cc1ccc(CN(C)C(=O)COC(=O)[C@@H](C)Oc2ccc(C#N)cc2)cc1. The molecule has 0 radical (unpaired) electrons. The number of likely N-dealkylation sites (N-methyl/N-ethyl adjacent to an activating group) is 1. The summed E-state index contributed by atoms with van der Waals surface area (Å²) < 4.78 is 10.5. The molecule has 0 unspecified atom stereocenters. The van der Waals surface area contributed by atoms with Gasteiger partial charge in [0.15, 0.2) is 12.7 Å². The van der Waals surface area contributed by atoms with E-state index in [1.54, 1.807) is 38.2 Å². The third kappa shape index (κ3) is 6.15. The number of nitrogens with zero attached hydrogens (tertiary/aromatic N) is 2. The van der Waals surface area contributed by atoms with Crippen LogP contribution in [0, 0.1) is 18.3 Å². The number of esters is 1. The lowest BCUT2D eigenvalue weighted by Crippen LogP contribution is -2.34. The number of ether oxygens (including phenoxy) is 2. The highest BCUT2D eigenvalue weighted by molar-refractivity contribution is 5.82. The van der Waals surface area contributed by atoms with Crippen molar-refractivity contribution in [3.05, 3.63) is 65.2 Å². The summed E-state index contributed by atoms with van der Waals surface area (Å²) in [7, 11) is 1.66. The minimum Gasteiger partial charge on any atom is -0.479 e. The predicted molar refractivity (Wildman–Crippen MR) is 99.9 cm³/mol. The van der Waals surface area contributed by atoms with E-state index in [-0.39, 0.29) is 12.5 Å². The molecular weight excluding hydrogens is 344 g/mol. The van der Waals surface area contributed by atoms with E-state index in [9.17, 15) is 9.59 Å². The molecule has 2 rings (SSSR count).